The molecule has 0 radical (unpaired) electrons. The van der Waals surface area contributed by atoms with Gasteiger partial charge in [-0.15, -0.1) is 0 Å². The molecule has 0 unspecified atom stereocenters. The molecule has 1 aromatic rings. The average Bonchev–Trinajstić information content (AvgIpc) is 2.98. The second-order valence-electron chi connectivity index (χ2n) is 14.1. The summed E-state index contributed by atoms with van der Waals surface area (Å²) in [7, 11) is 3.27. The molecule has 46 heavy (non-hydrogen) atoms. The van der Waals surface area contributed by atoms with Crippen molar-refractivity contribution >= 4 is 17.8 Å². The number of hydrogen-bond donors (Lipinski definition) is 4. The van der Waals surface area contributed by atoms with Crippen LogP contribution in [0.5, 0.6) is 11.5 Å². The van der Waals surface area contributed by atoms with E-state index in [0.29, 0.717) is 37.6 Å². The lowest BCUT2D eigenvalue weighted by Crippen LogP contribution is -2.49. The number of nitrogens with one attached hydrogen (secondary N) is 1. The van der Waals surface area contributed by atoms with Gasteiger partial charge < -0.3 is 41.5 Å². The lowest BCUT2D eigenvalue weighted by atomic mass is 9.80. The minimum Gasteiger partial charge on any atom is -0.493 e. The van der Waals surface area contributed by atoms with Gasteiger partial charge >= 0.3 is 5.97 Å². The van der Waals surface area contributed by atoms with Gasteiger partial charge in [0.15, 0.2) is 11.5 Å². The molecule has 0 spiro atoms. The van der Waals surface area contributed by atoms with Crippen molar-refractivity contribution in [3.8, 4) is 11.5 Å². The number of methoxy groups -OCH3 is 2. The molecule has 0 heterocycles. The van der Waals surface area contributed by atoms with Gasteiger partial charge in [0.2, 0.25) is 11.8 Å². The van der Waals surface area contributed by atoms with Crippen molar-refractivity contribution in [2.75, 3.05) is 34.0 Å². The molecule has 0 fully saturated rings. The molecule has 0 saturated heterocycles. The summed E-state index contributed by atoms with van der Waals surface area (Å²) in [6, 6.07) is 4.54. The zero-order chi connectivity index (χ0) is 35.2. The number of rotatable bonds is 22. The topological polar surface area (TPSA) is 178 Å². The van der Waals surface area contributed by atoms with E-state index in [1.807, 2.05) is 45.9 Å². The van der Waals surface area contributed by atoms with Crippen molar-refractivity contribution in [1.29, 1.82) is 0 Å². The van der Waals surface area contributed by atoms with E-state index in [2.05, 4.69) is 19.2 Å². The Morgan fingerprint density at radius 1 is 0.891 bits per heavy atom. The summed E-state index contributed by atoms with van der Waals surface area (Å²) in [5, 5.41) is 2.88. The summed E-state index contributed by atoms with van der Waals surface area (Å²) >= 11 is 0. The van der Waals surface area contributed by atoms with Crippen LogP contribution < -0.4 is 32.0 Å². The molecule has 264 valence electrons. The molecule has 1 rings (SSSR count). The molecular formula is C35H62N4O7. The molecule has 1 aromatic carbocycles. The van der Waals surface area contributed by atoms with E-state index in [0.717, 1.165) is 12.0 Å². The highest BCUT2D eigenvalue weighted by Crippen LogP contribution is 2.32. The van der Waals surface area contributed by atoms with Gasteiger partial charge in [-0.2, -0.15) is 0 Å². The van der Waals surface area contributed by atoms with Gasteiger partial charge in [-0.1, -0.05) is 47.6 Å². The fourth-order valence-electron chi connectivity index (χ4n) is 5.01. The summed E-state index contributed by atoms with van der Waals surface area (Å²) in [5.41, 5.74) is 18.7. The molecule has 7 N–H and O–H groups in total. The van der Waals surface area contributed by atoms with E-state index in [1.165, 1.54) is 0 Å². The first-order valence-electron chi connectivity index (χ1n) is 16.5. The van der Waals surface area contributed by atoms with Crippen LogP contribution in [0.25, 0.3) is 0 Å². The third kappa shape index (κ3) is 13.5. The number of hydrogen-bond acceptors (Lipinski definition) is 9. The summed E-state index contributed by atoms with van der Waals surface area (Å²) in [6.45, 7) is 16.4. The van der Waals surface area contributed by atoms with Crippen LogP contribution in [0.1, 0.15) is 80.2 Å². The molecule has 0 saturated carbocycles. The van der Waals surface area contributed by atoms with Crippen LogP contribution in [0.2, 0.25) is 0 Å². The monoisotopic (exact) mass is 650 g/mol. The predicted molar refractivity (Wildman–Crippen MR) is 181 cm³/mol. The molecule has 0 aromatic heterocycles. The molecule has 2 amide bonds. The van der Waals surface area contributed by atoms with Crippen molar-refractivity contribution in [3.05, 3.63) is 23.8 Å². The molecule has 11 heteroatoms. The van der Waals surface area contributed by atoms with Gasteiger partial charge in [0, 0.05) is 38.6 Å². The quantitative estimate of drug-likeness (QED) is 0.107. The van der Waals surface area contributed by atoms with E-state index in [4.69, 9.17) is 36.1 Å². The zero-order valence-corrected chi connectivity index (χ0v) is 29.9. The second kappa shape index (κ2) is 19.7. The maximum absolute atomic E-state index is 13.4. The highest BCUT2D eigenvalue weighted by molar-refractivity contribution is 5.83. The second-order valence-corrected chi connectivity index (χ2v) is 14.1. The fourth-order valence-corrected chi connectivity index (χ4v) is 5.01. The van der Waals surface area contributed by atoms with Crippen molar-refractivity contribution in [2.24, 2.45) is 52.2 Å². The Kier molecular flexibility index (Phi) is 17.6. The number of carbonyl (C=O) groups is 3. The third-order valence-corrected chi connectivity index (χ3v) is 8.73. The van der Waals surface area contributed by atoms with Crippen molar-refractivity contribution < 1.29 is 33.3 Å². The van der Waals surface area contributed by atoms with Crippen LogP contribution in [0.15, 0.2) is 18.2 Å². The Balaban J connectivity index is 3.26. The highest BCUT2D eigenvalue weighted by atomic mass is 16.5. The van der Waals surface area contributed by atoms with E-state index in [1.54, 1.807) is 28.1 Å². The predicted octanol–water partition coefficient (Wildman–Crippen LogP) is 3.83. The largest absolute Gasteiger partial charge is 0.493 e. The molecular weight excluding hydrogens is 588 g/mol. The molecule has 11 nitrogen and oxygen atoms in total. The highest BCUT2D eigenvalue weighted by Gasteiger charge is 2.35. The summed E-state index contributed by atoms with van der Waals surface area (Å²) in [5.74, 6) is -0.331. The summed E-state index contributed by atoms with van der Waals surface area (Å²) in [4.78, 5) is 38.3. The summed E-state index contributed by atoms with van der Waals surface area (Å²) < 4.78 is 22.6. The first-order valence-corrected chi connectivity index (χ1v) is 16.5. The normalized spacial score (nSPS) is 15.3. The number of esters is 1. The molecule has 0 aliphatic heterocycles. The molecule has 5 atom stereocenters. The maximum atomic E-state index is 13.4. The van der Waals surface area contributed by atoms with Gasteiger partial charge in [-0.25, -0.2) is 0 Å². The van der Waals surface area contributed by atoms with Crippen LogP contribution in [0, 0.1) is 35.0 Å². The number of ether oxygens (including phenoxy) is 4. The maximum Gasteiger partial charge on any atom is 0.323 e. The van der Waals surface area contributed by atoms with Crippen LogP contribution >= 0.6 is 0 Å². The summed E-state index contributed by atoms with van der Waals surface area (Å²) in [6.07, 6.45) is 1.48. The number of carbonyl (C=O) groups excluding carboxylic acids is 3. The Labute approximate surface area is 277 Å². The Hall–Kier alpha value is -2.89. The van der Waals surface area contributed by atoms with Gasteiger partial charge in [-0.3, -0.25) is 14.4 Å². The lowest BCUT2D eigenvalue weighted by Gasteiger charge is -2.33. The van der Waals surface area contributed by atoms with E-state index in [9.17, 15) is 14.4 Å². The first kappa shape index (κ1) is 41.1. The van der Waals surface area contributed by atoms with Crippen LogP contribution in [0.4, 0.5) is 0 Å². The smallest absolute Gasteiger partial charge is 0.323 e. The van der Waals surface area contributed by atoms with Crippen LogP contribution in [-0.2, 0) is 30.3 Å². The Bertz CT molecular complexity index is 1090. The van der Waals surface area contributed by atoms with E-state index < -0.39 is 41.4 Å². The van der Waals surface area contributed by atoms with Gasteiger partial charge in [0.05, 0.1) is 19.1 Å². The van der Waals surface area contributed by atoms with Crippen molar-refractivity contribution in [2.45, 2.75) is 99.3 Å². The van der Waals surface area contributed by atoms with Crippen molar-refractivity contribution in [3.63, 3.8) is 0 Å². The zero-order valence-electron chi connectivity index (χ0n) is 29.9. The van der Waals surface area contributed by atoms with Crippen LogP contribution in [0.3, 0.4) is 0 Å². The number of amides is 2. The average molecular weight is 651 g/mol. The standard InChI is InChI=1S/C35H62N4O7/c1-21(2)25(16-24-12-13-28(44-10)30(17-24)45-15-11-14-43-9)18-27(36)29(46-33(41)31(37)23(5)6)19-26(22(3)4)32(40)39-20-35(7,8)34(38)42/h12-13,17,21-23,25-27,29,31H,11,14-16,18-20,36-37H2,1-10H3,(H2,38,42)(H,39,40)/t25-,26-,27-,29-,31-/m0/s1. The van der Waals surface area contributed by atoms with Crippen molar-refractivity contribution in [1.82, 2.24) is 5.32 Å². The Morgan fingerprint density at radius 3 is 2.07 bits per heavy atom. The number of benzene rings is 1. The van der Waals surface area contributed by atoms with E-state index >= 15 is 0 Å². The number of primary amides is 1. The van der Waals surface area contributed by atoms with Gasteiger partial charge in [0.25, 0.3) is 0 Å². The minimum atomic E-state index is -0.912. The van der Waals surface area contributed by atoms with E-state index in [-0.39, 0.29) is 42.5 Å². The lowest BCUT2D eigenvalue weighted by molar-refractivity contribution is -0.155. The molecule has 0 aliphatic rings. The fraction of sp³-hybridized carbons (Fsp3) is 0.743. The van der Waals surface area contributed by atoms with Gasteiger partial charge in [-0.05, 0) is 74.5 Å². The van der Waals surface area contributed by atoms with Crippen LogP contribution in [-0.4, -0.2) is 69.9 Å². The number of nitrogens with two attached hydrogens (primary N) is 3. The molecule has 0 bridgehead atoms. The Morgan fingerprint density at radius 2 is 1.54 bits per heavy atom. The third-order valence-electron chi connectivity index (χ3n) is 8.73. The first-order chi connectivity index (χ1) is 21.4. The minimum absolute atomic E-state index is 0.0913. The SMILES string of the molecule is COCCCOc1cc(C[C@@H](C[C@H](N)[C@H](C[C@H](C(=O)NCC(C)(C)C(N)=O)C(C)C)OC(=O)[C@@H](N)C(C)C)C(C)C)ccc1OC. The molecule has 0 aliphatic carbocycles. The van der Waals surface area contributed by atoms with Gasteiger partial charge in [0.1, 0.15) is 12.1 Å².